The zero-order chi connectivity index (χ0) is 13.8. The second kappa shape index (κ2) is 7.46. The largest absolute Gasteiger partial charge is 0.348 e. The van der Waals surface area contributed by atoms with Crippen LogP contribution >= 0.6 is 12.4 Å². The molecule has 0 spiro atoms. The summed E-state index contributed by atoms with van der Waals surface area (Å²) in [7, 11) is 0. The highest BCUT2D eigenvalue weighted by molar-refractivity contribution is 5.85. The van der Waals surface area contributed by atoms with E-state index in [2.05, 4.69) is 26.1 Å². The van der Waals surface area contributed by atoms with Crippen molar-refractivity contribution in [3.8, 4) is 0 Å². The van der Waals surface area contributed by atoms with E-state index in [-0.39, 0.29) is 42.1 Å². The Balaban J connectivity index is 0.00000324. The first-order valence-electron chi connectivity index (χ1n) is 6.07. The Morgan fingerprint density at radius 1 is 1.32 bits per heavy atom. The van der Waals surface area contributed by atoms with Gasteiger partial charge in [-0.3, -0.25) is 4.79 Å². The fourth-order valence-corrected chi connectivity index (χ4v) is 1.81. The van der Waals surface area contributed by atoms with Gasteiger partial charge in [0.2, 0.25) is 5.91 Å². The molecule has 0 aliphatic heterocycles. The van der Waals surface area contributed by atoms with Crippen LogP contribution in [0.3, 0.4) is 0 Å². The minimum absolute atomic E-state index is 0. The third-order valence-corrected chi connectivity index (χ3v) is 2.61. The highest BCUT2D eigenvalue weighted by Gasteiger charge is 2.21. The van der Waals surface area contributed by atoms with Crippen LogP contribution in [0.25, 0.3) is 0 Å². The number of amides is 1. The van der Waals surface area contributed by atoms with E-state index in [1.807, 2.05) is 0 Å². The van der Waals surface area contributed by atoms with Crippen molar-refractivity contribution in [3.05, 3.63) is 35.6 Å². The van der Waals surface area contributed by atoms with Gasteiger partial charge in [0.05, 0.1) is 12.6 Å². The van der Waals surface area contributed by atoms with Crippen LogP contribution in [0.2, 0.25) is 0 Å². The molecule has 1 aromatic rings. The number of carbonyl (C=O) groups is 1. The first-order valence-corrected chi connectivity index (χ1v) is 6.07. The fourth-order valence-electron chi connectivity index (χ4n) is 1.81. The molecule has 19 heavy (non-hydrogen) atoms. The van der Waals surface area contributed by atoms with Crippen LogP contribution in [0.1, 0.15) is 38.8 Å². The Hall–Kier alpha value is -1.13. The summed E-state index contributed by atoms with van der Waals surface area (Å²) >= 11 is 0. The molecular weight excluding hydrogens is 267 g/mol. The van der Waals surface area contributed by atoms with E-state index in [0.29, 0.717) is 0 Å². The van der Waals surface area contributed by atoms with Crippen molar-refractivity contribution < 1.29 is 9.18 Å². The maximum Gasteiger partial charge on any atom is 0.234 e. The smallest absolute Gasteiger partial charge is 0.234 e. The molecule has 0 aromatic heterocycles. The van der Waals surface area contributed by atoms with E-state index >= 15 is 0 Å². The van der Waals surface area contributed by atoms with E-state index in [1.165, 1.54) is 12.1 Å². The average Bonchev–Trinajstić information content (AvgIpc) is 2.27. The maximum absolute atomic E-state index is 12.9. The minimum atomic E-state index is -0.279. The number of rotatable bonds is 4. The molecule has 108 valence electrons. The molecular formula is C14H22ClFN2O. The molecule has 3 nitrogen and oxygen atoms in total. The van der Waals surface area contributed by atoms with Crippen LogP contribution in [-0.4, -0.2) is 12.5 Å². The zero-order valence-electron chi connectivity index (χ0n) is 11.6. The lowest BCUT2D eigenvalue weighted by Gasteiger charge is -2.27. The molecule has 3 N–H and O–H groups in total. The summed E-state index contributed by atoms with van der Waals surface area (Å²) in [5.74, 6) is -0.480. The lowest BCUT2D eigenvalue weighted by Crippen LogP contribution is -2.35. The molecule has 0 aliphatic carbocycles. The zero-order valence-corrected chi connectivity index (χ0v) is 12.4. The molecule has 1 amide bonds. The van der Waals surface area contributed by atoms with Gasteiger partial charge in [0.15, 0.2) is 0 Å². The van der Waals surface area contributed by atoms with Crippen LogP contribution in [-0.2, 0) is 4.79 Å². The summed E-state index contributed by atoms with van der Waals surface area (Å²) in [6.07, 6.45) is 0.768. The van der Waals surface area contributed by atoms with Gasteiger partial charge in [0, 0.05) is 0 Å². The first kappa shape index (κ1) is 17.9. The van der Waals surface area contributed by atoms with Crippen LogP contribution in [0, 0.1) is 11.2 Å². The molecule has 1 rings (SSSR count). The second-order valence-electron chi connectivity index (χ2n) is 5.64. The summed E-state index contributed by atoms with van der Waals surface area (Å²) in [4.78, 5) is 11.4. The van der Waals surface area contributed by atoms with Crippen molar-refractivity contribution in [1.82, 2.24) is 5.32 Å². The van der Waals surface area contributed by atoms with E-state index in [1.54, 1.807) is 12.1 Å². The quantitative estimate of drug-likeness (QED) is 0.895. The lowest BCUT2D eigenvalue weighted by molar-refractivity contribution is -0.120. The molecule has 5 heteroatoms. The van der Waals surface area contributed by atoms with Gasteiger partial charge in [-0.15, -0.1) is 12.4 Å². The van der Waals surface area contributed by atoms with E-state index in [4.69, 9.17) is 5.73 Å². The number of benzene rings is 1. The van der Waals surface area contributed by atoms with Gasteiger partial charge in [0.1, 0.15) is 5.82 Å². The fraction of sp³-hybridized carbons (Fsp3) is 0.500. The number of nitrogens with two attached hydrogens (primary N) is 1. The third kappa shape index (κ3) is 6.55. The topological polar surface area (TPSA) is 55.1 Å². The summed E-state index contributed by atoms with van der Waals surface area (Å²) < 4.78 is 12.9. The number of carbonyl (C=O) groups excluding carboxylic acids is 1. The Kier molecular flexibility index (Phi) is 7.01. The van der Waals surface area contributed by atoms with Crippen molar-refractivity contribution in [3.63, 3.8) is 0 Å². The van der Waals surface area contributed by atoms with Crippen molar-refractivity contribution in [2.75, 3.05) is 6.54 Å². The number of hydrogen-bond acceptors (Lipinski definition) is 2. The van der Waals surface area contributed by atoms with E-state index < -0.39 is 0 Å². The second-order valence-corrected chi connectivity index (χ2v) is 5.64. The summed E-state index contributed by atoms with van der Waals surface area (Å²) in [5, 5.41) is 2.87. The summed E-state index contributed by atoms with van der Waals surface area (Å²) in [6.45, 7) is 6.25. The van der Waals surface area contributed by atoms with Gasteiger partial charge >= 0.3 is 0 Å². The van der Waals surface area contributed by atoms with Gasteiger partial charge in [0.25, 0.3) is 0 Å². The molecule has 0 radical (unpaired) electrons. The Morgan fingerprint density at radius 2 is 1.84 bits per heavy atom. The Morgan fingerprint density at radius 3 is 2.26 bits per heavy atom. The van der Waals surface area contributed by atoms with Gasteiger partial charge in [-0.05, 0) is 29.5 Å². The van der Waals surface area contributed by atoms with Gasteiger partial charge in [-0.1, -0.05) is 32.9 Å². The predicted molar refractivity (Wildman–Crippen MR) is 77.7 cm³/mol. The molecule has 0 saturated heterocycles. The molecule has 1 unspecified atom stereocenters. The minimum Gasteiger partial charge on any atom is -0.348 e. The van der Waals surface area contributed by atoms with E-state index in [0.717, 1.165) is 12.0 Å². The number of hydrogen-bond donors (Lipinski definition) is 2. The van der Waals surface area contributed by atoms with Crippen LogP contribution < -0.4 is 11.1 Å². The summed E-state index contributed by atoms with van der Waals surface area (Å²) in [6, 6.07) is 6.06. The number of halogens is 2. The highest BCUT2D eigenvalue weighted by atomic mass is 35.5. The van der Waals surface area contributed by atoms with Crippen LogP contribution in [0.15, 0.2) is 24.3 Å². The third-order valence-electron chi connectivity index (χ3n) is 2.61. The Bertz CT molecular complexity index is 401. The standard InChI is InChI=1S/C14H21FN2O.ClH/c1-14(2,3)8-12(17-13(18)9-16)10-4-6-11(15)7-5-10;/h4-7,12H,8-9,16H2,1-3H3,(H,17,18);1H. The molecule has 1 atom stereocenters. The van der Waals surface area contributed by atoms with Crippen molar-refractivity contribution in [1.29, 1.82) is 0 Å². The predicted octanol–water partition coefficient (Wildman–Crippen LogP) is 2.80. The van der Waals surface area contributed by atoms with Crippen LogP contribution in [0.4, 0.5) is 4.39 Å². The lowest BCUT2D eigenvalue weighted by atomic mass is 9.85. The van der Waals surface area contributed by atoms with Gasteiger partial charge < -0.3 is 11.1 Å². The highest BCUT2D eigenvalue weighted by Crippen LogP contribution is 2.29. The summed E-state index contributed by atoms with van der Waals surface area (Å²) in [5.41, 5.74) is 6.27. The van der Waals surface area contributed by atoms with Crippen molar-refractivity contribution in [2.24, 2.45) is 11.1 Å². The SMILES string of the molecule is CC(C)(C)CC(NC(=O)CN)c1ccc(F)cc1.Cl. The monoisotopic (exact) mass is 288 g/mol. The van der Waals surface area contributed by atoms with Crippen molar-refractivity contribution in [2.45, 2.75) is 33.2 Å². The Labute approximate surface area is 120 Å². The number of nitrogens with one attached hydrogen (secondary N) is 1. The molecule has 0 fully saturated rings. The van der Waals surface area contributed by atoms with E-state index in [9.17, 15) is 9.18 Å². The van der Waals surface area contributed by atoms with Crippen molar-refractivity contribution >= 4 is 18.3 Å². The van der Waals surface area contributed by atoms with Crippen LogP contribution in [0.5, 0.6) is 0 Å². The average molecular weight is 289 g/mol. The normalized spacial score (nSPS) is 12.5. The molecule has 0 saturated carbocycles. The molecule has 0 heterocycles. The molecule has 0 aliphatic rings. The first-order chi connectivity index (χ1) is 8.31. The maximum atomic E-state index is 12.9. The van der Waals surface area contributed by atoms with Gasteiger partial charge in [-0.25, -0.2) is 4.39 Å². The molecule has 1 aromatic carbocycles. The molecule has 0 bridgehead atoms. The van der Waals surface area contributed by atoms with Gasteiger partial charge in [-0.2, -0.15) is 0 Å².